The largest absolute Gasteiger partial charge is 0.495 e. The first-order valence-electron chi connectivity index (χ1n) is 10.0. The number of nitrogens with zero attached hydrogens (tertiary/aromatic N) is 1. The number of amides is 1. The van der Waals surface area contributed by atoms with Crippen LogP contribution in [0.4, 0.5) is 5.69 Å². The first-order valence-corrected chi connectivity index (χ1v) is 10.4. The monoisotopic (exact) mass is 422 g/mol. The maximum absolute atomic E-state index is 13.4. The van der Waals surface area contributed by atoms with E-state index in [1.807, 2.05) is 31.2 Å². The van der Waals surface area contributed by atoms with Gasteiger partial charge in [-0.2, -0.15) is 0 Å². The van der Waals surface area contributed by atoms with E-state index in [1.165, 1.54) is 0 Å². The van der Waals surface area contributed by atoms with Gasteiger partial charge in [0.15, 0.2) is 0 Å². The molecule has 6 heteroatoms. The molecule has 154 valence electrons. The molecular weight excluding hydrogens is 400 g/mol. The minimum absolute atomic E-state index is 0.134. The summed E-state index contributed by atoms with van der Waals surface area (Å²) >= 11 is 6.09. The van der Waals surface area contributed by atoms with Crippen molar-refractivity contribution in [2.45, 2.75) is 32.1 Å². The SMILES string of the molecule is COc1ccccc1NC(=O)C1=C(C)N=C2CCCC(=O)C2C1c1ccc(Cl)cc1. The topological polar surface area (TPSA) is 67.8 Å². The Morgan fingerprint density at radius 2 is 1.83 bits per heavy atom. The molecule has 1 fully saturated rings. The van der Waals surface area contributed by atoms with Gasteiger partial charge in [0.1, 0.15) is 11.5 Å². The van der Waals surface area contributed by atoms with E-state index in [0.29, 0.717) is 34.2 Å². The third-order valence-corrected chi connectivity index (χ3v) is 5.99. The van der Waals surface area contributed by atoms with Gasteiger partial charge in [-0.25, -0.2) is 0 Å². The van der Waals surface area contributed by atoms with Gasteiger partial charge >= 0.3 is 0 Å². The predicted octanol–water partition coefficient (Wildman–Crippen LogP) is 5.17. The van der Waals surface area contributed by atoms with Crippen LogP contribution in [0.3, 0.4) is 0 Å². The molecule has 2 aliphatic rings. The molecule has 1 saturated carbocycles. The summed E-state index contributed by atoms with van der Waals surface area (Å²) in [5.74, 6) is -0.381. The molecular formula is C24H23ClN2O3. The van der Waals surface area contributed by atoms with Crippen molar-refractivity contribution in [1.29, 1.82) is 0 Å². The summed E-state index contributed by atoms with van der Waals surface area (Å²) in [7, 11) is 1.56. The molecule has 1 N–H and O–H groups in total. The van der Waals surface area contributed by atoms with Gasteiger partial charge in [-0.1, -0.05) is 35.9 Å². The van der Waals surface area contributed by atoms with Gasteiger partial charge in [-0.15, -0.1) is 0 Å². The van der Waals surface area contributed by atoms with Crippen molar-refractivity contribution in [3.8, 4) is 5.75 Å². The molecule has 1 aliphatic heterocycles. The molecule has 2 atom stereocenters. The molecule has 1 aliphatic carbocycles. The number of allylic oxidation sites excluding steroid dienone is 1. The van der Waals surface area contributed by atoms with Crippen molar-refractivity contribution in [2.75, 3.05) is 12.4 Å². The third kappa shape index (κ3) is 3.77. The van der Waals surface area contributed by atoms with Crippen LogP contribution in [0, 0.1) is 5.92 Å². The summed E-state index contributed by atoms with van der Waals surface area (Å²) < 4.78 is 5.36. The molecule has 0 bridgehead atoms. The number of Topliss-reactive ketones (excluding diaryl/α,β-unsaturated/α-hetero) is 1. The lowest BCUT2D eigenvalue weighted by molar-refractivity contribution is -0.122. The zero-order valence-electron chi connectivity index (χ0n) is 16.9. The van der Waals surface area contributed by atoms with Crippen molar-refractivity contribution in [2.24, 2.45) is 10.9 Å². The fourth-order valence-electron chi connectivity index (χ4n) is 4.38. The van der Waals surface area contributed by atoms with Crippen LogP contribution in [0.1, 0.15) is 37.7 Å². The Kier molecular flexibility index (Phi) is 5.73. The Balaban J connectivity index is 1.79. The number of benzene rings is 2. The number of anilines is 1. The summed E-state index contributed by atoms with van der Waals surface area (Å²) in [5.41, 5.74) is 3.48. The highest BCUT2D eigenvalue weighted by atomic mass is 35.5. The average molecular weight is 423 g/mol. The van der Waals surface area contributed by atoms with Crippen molar-refractivity contribution in [3.63, 3.8) is 0 Å². The molecule has 1 amide bonds. The number of ether oxygens (including phenoxy) is 1. The van der Waals surface area contributed by atoms with Gasteiger partial charge in [0.25, 0.3) is 5.91 Å². The second-order valence-corrected chi connectivity index (χ2v) is 8.02. The number of aliphatic imine (C=N–C) groups is 1. The number of halogens is 1. The molecule has 2 unspecified atom stereocenters. The molecule has 0 spiro atoms. The standard InChI is InChI=1S/C24H23ClN2O3/c1-14-21(24(29)27-17-6-3-4-9-20(17)30-2)22(15-10-12-16(25)13-11-15)23-18(26-14)7-5-8-19(23)28/h3-4,6,9-13,22-23H,5,7-8H2,1-2H3,(H,27,29). The van der Waals surface area contributed by atoms with E-state index >= 15 is 0 Å². The Morgan fingerprint density at radius 1 is 1.10 bits per heavy atom. The van der Waals surface area contributed by atoms with Gasteiger partial charge in [0.2, 0.25) is 0 Å². The summed E-state index contributed by atoms with van der Waals surface area (Å²) in [4.78, 5) is 31.1. The van der Waals surface area contributed by atoms with Crippen LogP contribution < -0.4 is 10.1 Å². The van der Waals surface area contributed by atoms with Gasteiger partial charge in [-0.3, -0.25) is 14.6 Å². The van der Waals surface area contributed by atoms with Crippen LogP contribution in [0.5, 0.6) is 5.75 Å². The van der Waals surface area contributed by atoms with Crippen LogP contribution in [-0.2, 0) is 9.59 Å². The number of fused-ring (bicyclic) bond motifs is 1. The number of para-hydroxylation sites is 2. The number of carbonyl (C=O) groups is 2. The van der Waals surface area contributed by atoms with Crippen LogP contribution in [0.15, 0.2) is 64.8 Å². The number of ketones is 1. The number of nitrogens with one attached hydrogen (secondary N) is 1. The van der Waals surface area contributed by atoms with E-state index in [4.69, 9.17) is 21.3 Å². The smallest absolute Gasteiger partial charge is 0.254 e. The van der Waals surface area contributed by atoms with Crippen molar-refractivity contribution in [1.82, 2.24) is 0 Å². The van der Waals surface area contributed by atoms with E-state index in [9.17, 15) is 9.59 Å². The number of hydrogen-bond donors (Lipinski definition) is 1. The van der Waals surface area contributed by atoms with E-state index in [2.05, 4.69) is 5.32 Å². The number of carbonyl (C=O) groups excluding carboxylic acids is 2. The Labute approximate surface area is 180 Å². The minimum atomic E-state index is -0.415. The normalized spacial score (nSPS) is 21.0. The van der Waals surface area contributed by atoms with Crippen molar-refractivity contribution < 1.29 is 14.3 Å². The lowest BCUT2D eigenvalue weighted by atomic mass is 9.69. The first-order chi connectivity index (χ1) is 14.5. The Hall–Kier alpha value is -2.92. The summed E-state index contributed by atoms with van der Waals surface area (Å²) in [6.45, 7) is 1.84. The quantitative estimate of drug-likeness (QED) is 0.739. The Morgan fingerprint density at radius 3 is 2.57 bits per heavy atom. The van der Waals surface area contributed by atoms with E-state index in [0.717, 1.165) is 24.1 Å². The molecule has 5 nitrogen and oxygen atoms in total. The summed E-state index contributed by atoms with van der Waals surface area (Å²) in [6.07, 6.45) is 2.09. The zero-order chi connectivity index (χ0) is 21.3. The average Bonchev–Trinajstić information content (AvgIpc) is 2.74. The van der Waals surface area contributed by atoms with E-state index in [1.54, 1.807) is 31.4 Å². The minimum Gasteiger partial charge on any atom is -0.495 e. The van der Waals surface area contributed by atoms with Crippen molar-refractivity contribution >= 4 is 34.7 Å². The second kappa shape index (κ2) is 8.44. The van der Waals surface area contributed by atoms with Crippen molar-refractivity contribution in [3.05, 3.63) is 70.4 Å². The van der Waals surface area contributed by atoms with Crippen LogP contribution in [0.2, 0.25) is 5.02 Å². The van der Waals surface area contributed by atoms with Gasteiger partial charge in [0.05, 0.1) is 18.7 Å². The molecule has 0 radical (unpaired) electrons. The van der Waals surface area contributed by atoms with E-state index < -0.39 is 11.8 Å². The lowest BCUT2D eigenvalue weighted by Gasteiger charge is -2.36. The molecule has 2 aromatic carbocycles. The molecule has 1 heterocycles. The number of rotatable bonds is 4. The van der Waals surface area contributed by atoms with Crippen LogP contribution >= 0.6 is 11.6 Å². The van der Waals surface area contributed by atoms with Gasteiger partial charge in [0, 0.05) is 34.3 Å². The molecule has 2 aromatic rings. The van der Waals surface area contributed by atoms with Gasteiger partial charge in [-0.05, 0) is 49.6 Å². The highest BCUT2D eigenvalue weighted by Gasteiger charge is 2.43. The fraction of sp³-hybridized carbons (Fsp3) is 0.292. The molecule has 0 saturated heterocycles. The zero-order valence-corrected chi connectivity index (χ0v) is 17.7. The fourth-order valence-corrected chi connectivity index (χ4v) is 4.51. The predicted molar refractivity (Wildman–Crippen MR) is 118 cm³/mol. The second-order valence-electron chi connectivity index (χ2n) is 7.58. The van der Waals surface area contributed by atoms with Crippen LogP contribution in [-0.4, -0.2) is 24.5 Å². The maximum atomic E-state index is 13.4. The number of hydrogen-bond acceptors (Lipinski definition) is 4. The first kappa shape index (κ1) is 20.4. The maximum Gasteiger partial charge on any atom is 0.254 e. The highest BCUT2D eigenvalue weighted by molar-refractivity contribution is 6.30. The summed E-state index contributed by atoms with van der Waals surface area (Å²) in [5, 5.41) is 3.56. The molecule has 4 rings (SSSR count). The lowest BCUT2D eigenvalue weighted by Crippen LogP contribution is -2.39. The molecule has 30 heavy (non-hydrogen) atoms. The highest BCUT2D eigenvalue weighted by Crippen LogP contribution is 2.43. The van der Waals surface area contributed by atoms with Gasteiger partial charge < -0.3 is 10.1 Å². The third-order valence-electron chi connectivity index (χ3n) is 5.74. The van der Waals surface area contributed by atoms with E-state index in [-0.39, 0.29) is 11.7 Å². The number of methoxy groups -OCH3 is 1. The van der Waals surface area contributed by atoms with Crippen LogP contribution in [0.25, 0.3) is 0 Å². The molecule has 0 aromatic heterocycles. The summed E-state index contributed by atoms with van der Waals surface area (Å²) in [6, 6.07) is 14.6. The Bertz CT molecular complexity index is 1060.